The first-order valence-corrected chi connectivity index (χ1v) is 10.0. The Balaban J connectivity index is 1.83. The minimum Gasteiger partial charge on any atom is -0.489 e. The molecule has 0 radical (unpaired) electrons. The standard InChI is InChI=1S/C22H27Cl2NO/c1-3-5-6-17(4-2)14-25-15-18-7-10-20(11-8-18)26-16-19-9-12-21(23)22(24)13-19/h7-13,15,17H,3-6,14,16H2,1-2H3/b25-15+. The molecule has 2 aromatic rings. The molecule has 0 N–H and O–H groups in total. The summed E-state index contributed by atoms with van der Waals surface area (Å²) in [4.78, 5) is 4.61. The summed E-state index contributed by atoms with van der Waals surface area (Å²) in [5.74, 6) is 1.52. The molecule has 2 nitrogen and oxygen atoms in total. The van der Waals surface area contributed by atoms with Gasteiger partial charge in [0.2, 0.25) is 0 Å². The van der Waals surface area contributed by atoms with E-state index in [4.69, 9.17) is 27.9 Å². The van der Waals surface area contributed by atoms with Crippen molar-refractivity contribution in [2.45, 2.75) is 46.1 Å². The fraction of sp³-hybridized carbons (Fsp3) is 0.409. The normalized spacial score (nSPS) is 12.5. The summed E-state index contributed by atoms with van der Waals surface area (Å²) < 4.78 is 5.80. The lowest BCUT2D eigenvalue weighted by Crippen LogP contribution is -2.03. The monoisotopic (exact) mass is 391 g/mol. The van der Waals surface area contributed by atoms with E-state index in [1.54, 1.807) is 6.07 Å². The Labute approximate surface area is 167 Å². The highest BCUT2D eigenvalue weighted by Gasteiger charge is 2.04. The molecule has 1 unspecified atom stereocenters. The lowest BCUT2D eigenvalue weighted by Gasteiger charge is -2.10. The Morgan fingerprint density at radius 3 is 2.46 bits per heavy atom. The van der Waals surface area contributed by atoms with Crippen LogP contribution in [0.25, 0.3) is 0 Å². The predicted molar refractivity (Wildman–Crippen MR) is 113 cm³/mol. The molecule has 0 aliphatic heterocycles. The zero-order chi connectivity index (χ0) is 18.8. The van der Waals surface area contributed by atoms with E-state index < -0.39 is 0 Å². The van der Waals surface area contributed by atoms with Crippen molar-refractivity contribution in [3.05, 3.63) is 63.6 Å². The number of hydrogen-bond acceptors (Lipinski definition) is 2. The fourth-order valence-electron chi connectivity index (χ4n) is 2.67. The molecule has 0 aliphatic carbocycles. The van der Waals surface area contributed by atoms with E-state index in [0.29, 0.717) is 22.6 Å². The van der Waals surface area contributed by atoms with Crippen LogP contribution in [0.15, 0.2) is 47.5 Å². The maximum Gasteiger partial charge on any atom is 0.119 e. The molecule has 0 fully saturated rings. The number of unbranched alkanes of at least 4 members (excludes halogenated alkanes) is 1. The Bertz CT molecular complexity index is 698. The zero-order valence-corrected chi connectivity index (χ0v) is 17.1. The minimum atomic E-state index is 0.458. The maximum atomic E-state index is 6.02. The molecule has 0 saturated heterocycles. The van der Waals surface area contributed by atoms with E-state index in [1.165, 1.54) is 25.7 Å². The van der Waals surface area contributed by atoms with E-state index >= 15 is 0 Å². The molecule has 4 heteroatoms. The Morgan fingerprint density at radius 2 is 1.81 bits per heavy atom. The molecular weight excluding hydrogens is 365 g/mol. The van der Waals surface area contributed by atoms with E-state index in [1.807, 2.05) is 42.6 Å². The van der Waals surface area contributed by atoms with Gasteiger partial charge in [0, 0.05) is 12.8 Å². The molecule has 1 atom stereocenters. The van der Waals surface area contributed by atoms with Gasteiger partial charge in [-0.2, -0.15) is 0 Å². The van der Waals surface area contributed by atoms with Gasteiger partial charge in [0.05, 0.1) is 10.0 Å². The SMILES string of the molecule is CCCCC(CC)C/N=C/c1ccc(OCc2ccc(Cl)c(Cl)c2)cc1. The lowest BCUT2D eigenvalue weighted by atomic mass is 10.00. The van der Waals surface area contributed by atoms with Crippen molar-refractivity contribution < 1.29 is 4.74 Å². The van der Waals surface area contributed by atoms with E-state index in [9.17, 15) is 0 Å². The highest BCUT2D eigenvalue weighted by Crippen LogP contribution is 2.23. The first kappa shape index (κ1) is 20.8. The molecule has 0 spiro atoms. The Kier molecular flexibility index (Phi) is 9.00. The van der Waals surface area contributed by atoms with Crippen LogP contribution >= 0.6 is 23.2 Å². The van der Waals surface area contributed by atoms with Crippen LogP contribution in [0.4, 0.5) is 0 Å². The fourth-order valence-corrected chi connectivity index (χ4v) is 2.99. The van der Waals surface area contributed by atoms with Crippen LogP contribution in [0, 0.1) is 5.92 Å². The number of hydrogen-bond donors (Lipinski definition) is 0. The molecule has 26 heavy (non-hydrogen) atoms. The van der Waals surface area contributed by atoms with Crippen LogP contribution in [-0.4, -0.2) is 12.8 Å². The van der Waals surface area contributed by atoms with Gasteiger partial charge in [-0.05, 0) is 59.9 Å². The number of halogens is 2. The summed E-state index contributed by atoms with van der Waals surface area (Å²) in [5.41, 5.74) is 2.08. The van der Waals surface area contributed by atoms with E-state index in [2.05, 4.69) is 18.8 Å². The average molecular weight is 392 g/mol. The number of rotatable bonds is 10. The van der Waals surface area contributed by atoms with Crippen LogP contribution < -0.4 is 4.74 Å². The third-order valence-electron chi connectivity index (χ3n) is 4.42. The molecule has 140 valence electrons. The van der Waals surface area contributed by atoms with Crippen molar-refractivity contribution in [3.63, 3.8) is 0 Å². The summed E-state index contributed by atoms with van der Waals surface area (Å²) in [6.07, 6.45) is 6.96. The number of nitrogens with zero attached hydrogens (tertiary/aromatic N) is 1. The zero-order valence-electron chi connectivity index (χ0n) is 15.6. The molecular formula is C22H27Cl2NO. The third-order valence-corrected chi connectivity index (χ3v) is 5.16. The van der Waals surface area contributed by atoms with Gasteiger partial charge in [-0.15, -0.1) is 0 Å². The number of ether oxygens (including phenoxy) is 1. The number of benzene rings is 2. The molecule has 0 aromatic heterocycles. The van der Waals surface area contributed by atoms with Gasteiger partial charge < -0.3 is 4.74 Å². The first-order valence-electron chi connectivity index (χ1n) is 9.29. The van der Waals surface area contributed by atoms with E-state index in [0.717, 1.165) is 23.4 Å². The molecule has 2 aromatic carbocycles. The van der Waals surface area contributed by atoms with E-state index in [-0.39, 0.29) is 0 Å². The molecule has 0 amide bonds. The van der Waals surface area contributed by atoms with Gasteiger partial charge in [-0.1, -0.05) is 62.4 Å². The Morgan fingerprint density at radius 1 is 1.04 bits per heavy atom. The van der Waals surface area contributed by atoms with Crippen molar-refractivity contribution in [1.82, 2.24) is 0 Å². The van der Waals surface area contributed by atoms with Gasteiger partial charge >= 0.3 is 0 Å². The quantitative estimate of drug-likeness (QED) is 0.392. The Hall–Kier alpha value is -1.51. The average Bonchev–Trinajstić information content (AvgIpc) is 2.66. The summed E-state index contributed by atoms with van der Waals surface area (Å²) in [7, 11) is 0. The summed E-state index contributed by atoms with van der Waals surface area (Å²) in [6, 6.07) is 13.5. The van der Waals surface area contributed by atoms with Crippen molar-refractivity contribution in [1.29, 1.82) is 0 Å². The van der Waals surface area contributed by atoms with Gasteiger partial charge in [-0.3, -0.25) is 4.99 Å². The second kappa shape index (κ2) is 11.3. The van der Waals surface area contributed by atoms with Crippen LogP contribution in [0.3, 0.4) is 0 Å². The first-order chi connectivity index (χ1) is 12.6. The third kappa shape index (κ3) is 7.01. The van der Waals surface area contributed by atoms with Crippen molar-refractivity contribution in [3.8, 4) is 5.75 Å². The molecule has 0 saturated carbocycles. The largest absolute Gasteiger partial charge is 0.489 e. The smallest absolute Gasteiger partial charge is 0.119 e. The van der Waals surface area contributed by atoms with Crippen molar-refractivity contribution >= 4 is 29.4 Å². The second-order valence-corrected chi connectivity index (χ2v) is 7.33. The van der Waals surface area contributed by atoms with Gasteiger partial charge in [0.1, 0.15) is 12.4 Å². The number of aliphatic imine (C=N–C) groups is 1. The topological polar surface area (TPSA) is 21.6 Å². The summed E-state index contributed by atoms with van der Waals surface area (Å²) >= 11 is 11.9. The lowest BCUT2D eigenvalue weighted by molar-refractivity contribution is 0.306. The predicted octanol–water partition coefficient (Wildman–Crippen LogP) is 7.21. The van der Waals surface area contributed by atoms with Gasteiger partial charge in [0.25, 0.3) is 0 Å². The molecule has 0 bridgehead atoms. The highest BCUT2D eigenvalue weighted by atomic mass is 35.5. The molecule has 2 rings (SSSR count). The van der Waals surface area contributed by atoms with Gasteiger partial charge in [-0.25, -0.2) is 0 Å². The van der Waals surface area contributed by atoms with Crippen molar-refractivity contribution in [2.75, 3.05) is 6.54 Å². The highest BCUT2D eigenvalue weighted by molar-refractivity contribution is 6.42. The minimum absolute atomic E-state index is 0.458. The molecule has 0 heterocycles. The van der Waals surface area contributed by atoms with Crippen LogP contribution in [-0.2, 0) is 6.61 Å². The second-order valence-electron chi connectivity index (χ2n) is 6.52. The summed E-state index contributed by atoms with van der Waals surface area (Å²) in [5, 5.41) is 1.10. The summed E-state index contributed by atoms with van der Waals surface area (Å²) in [6.45, 7) is 5.85. The van der Waals surface area contributed by atoms with Gasteiger partial charge in [0.15, 0.2) is 0 Å². The van der Waals surface area contributed by atoms with Crippen LogP contribution in [0.1, 0.15) is 50.7 Å². The maximum absolute atomic E-state index is 6.02. The van der Waals surface area contributed by atoms with Crippen LogP contribution in [0.5, 0.6) is 5.75 Å². The molecule has 0 aliphatic rings. The van der Waals surface area contributed by atoms with Crippen molar-refractivity contribution in [2.24, 2.45) is 10.9 Å². The van der Waals surface area contributed by atoms with Crippen LogP contribution in [0.2, 0.25) is 10.0 Å².